The molecule has 0 fully saturated rings. The van der Waals surface area contributed by atoms with Crippen LogP contribution in [0.3, 0.4) is 0 Å². The minimum absolute atomic E-state index is 0.245. The highest BCUT2D eigenvalue weighted by atomic mass is 35.5. The molecule has 2 aromatic carbocycles. The van der Waals surface area contributed by atoms with Crippen LogP contribution < -0.4 is 15.4 Å². The first-order chi connectivity index (χ1) is 11.5. The van der Waals surface area contributed by atoms with Crippen molar-refractivity contribution < 1.29 is 14.3 Å². The number of hydrogen-bond acceptors (Lipinski definition) is 3. The average Bonchev–Trinajstić information content (AvgIpc) is 2.54. The Labute approximate surface area is 149 Å². The second kappa shape index (κ2) is 8.57. The predicted octanol–water partition coefficient (Wildman–Crippen LogP) is 3.76. The maximum absolute atomic E-state index is 12.1. The number of carbonyl (C=O) groups is 2. The number of nitrogens with one attached hydrogen (secondary N) is 2. The molecule has 0 bridgehead atoms. The van der Waals surface area contributed by atoms with Crippen molar-refractivity contribution in [1.82, 2.24) is 5.32 Å². The van der Waals surface area contributed by atoms with E-state index in [1.54, 1.807) is 36.4 Å². The zero-order valence-electron chi connectivity index (χ0n) is 12.9. The van der Waals surface area contributed by atoms with E-state index in [4.69, 9.17) is 27.9 Å². The molecule has 2 amide bonds. The maximum atomic E-state index is 12.1. The van der Waals surface area contributed by atoms with Crippen LogP contribution >= 0.6 is 23.2 Å². The van der Waals surface area contributed by atoms with Crippen molar-refractivity contribution in [3.8, 4) is 5.75 Å². The summed E-state index contributed by atoms with van der Waals surface area (Å²) in [7, 11) is 0. The van der Waals surface area contributed by atoms with E-state index in [1.807, 2.05) is 6.92 Å². The smallest absolute Gasteiger partial charge is 0.262 e. The van der Waals surface area contributed by atoms with Crippen molar-refractivity contribution in [2.24, 2.45) is 0 Å². The highest BCUT2D eigenvalue weighted by Crippen LogP contribution is 2.27. The zero-order chi connectivity index (χ0) is 17.5. The topological polar surface area (TPSA) is 67.4 Å². The summed E-state index contributed by atoms with van der Waals surface area (Å²) < 4.78 is 5.37. The summed E-state index contributed by atoms with van der Waals surface area (Å²) in [6.07, 6.45) is 0. The molecule has 24 heavy (non-hydrogen) atoms. The van der Waals surface area contributed by atoms with E-state index in [-0.39, 0.29) is 12.5 Å². The van der Waals surface area contributed by atoms with E-state index in [0.717, 1.165) is 0 Å². The first-order valence-corrected chi connectivity index (χ1v) is 8.01. The number of anilines is 1. The number of rotatable bonds is 6. The van der Waals surface area contributed by atoms with Crippen molar-refractivity contribution in [3.63, 3.8) is 0 Å². The molecule has 0 unspecified atom stereocenters. The van der Waals surface area contributed by atoms with Crippen LogP contribution in [0.5, 0.6) is 5.75 Å². The molecule has 5 nitrogen and oxygen atoms in total. The Morgan fingerprint density at radius 3 is 2.58 bits per heavy atom. The molecule has 0 spiro atoms. The van der Waals surface area contributed by atoms with Crippen LogP contribution in [0.2, 0.25) is 10.0 Å². The fourth-order valence-electron chi connectivity index (χ4n) is 1.97. The number of benzene rings is 2. The Morgan fingerprint density at radius 1 is 1.12 bits per heavy atom. The Bertz CT molecular complexity index is 750. The lowest BCUT2D eigenvalue weighted by Gasteiger charge is -2.12. The number of amides is 2. The van der Waals surface area contributed by atoms with Gasteiger partial charge in [-0.3, -0.25) is 9.59 Å². The summed E-state index contributed by atoms with van der Waals surface area (Å²) >= 11 is 11.8. The van der Waals surface area contributed by atoms with Gasteiger partial charge in [-0.05, 0) is 37.3 Å². The lowest BCUT2D eigenvalue weighted by atomic mass is 10.1. The summed E-state index contributed by atoms with van der Waals surface area (Å²) in [5.74, 6) is -0.305. The number of hydrogen-bond donors (Lipinski definition) is 2. The maximum Gasteiger partial charge on any atom is 0.262 e. The zero-order valence-corrected chi connectivity index (χ0v) is 14.4. The van der Waals surface area contributed by atoms with Gasteiger partial charge in [-0.2, -0.15) is 0 Å². The first-order valence-electron chi connectivity index (χ1n) is 7.26. The molecule has 0 saturated carbocycles. The van der Waals surface area contributed by atoms with Crippen LogP contribution in [0.25, 0.3) is 0 Å². The predicted molar refractivity (Wildman–Crippen MR) is 95.0 cm³/mol. The van der Waals surface area contributed by atoms with Gasteiger partial charge in [0.25, 0.3) is 11.8 Å². The largest absolute Gasteiger partial charge is 0.482 e. The second-order valence-corrected chi connectivity index (χ2v) is 5.66. The normalized spacial score (nSPS) is 10.1. The summed E-state index contributed by atoms with van der Waals surface area (Å²) in [6, 6.07) is 11.5. The molecule has 0 aromatic heterocycles. The molecule has 7 heteroatoms. The molecular weight excluding hydrogens is 351 g/mol. The quantitative estimate of drug-likeness (QED) is 0.817. The minimum Gasteiger partial charge on any atom is -0.482 e. The third-order valence-electron chi connectivity index (χ3n) is 3.04. The highest BCUT2D eigenvalue weighted by Gasteiger charge is 2.13. The molecule has 0 aliphatic rings. The van der Waals surface area contributed by atoms with Gasteiger partial charge in [0, 0.05) is 11.6 Å². The van der Waals surface area contributed by atoms with Crippen LogP contribution in [0.4, 0.5) is 5.69 Å². The molecule has 2 aromatic rings. The summed E-state index contributed by atoms with van der Waals surface area (Å²) in [5, 5.41) is 6.15. The number of ether oxygens (including phenoxy) is 1. The Kier molecular flexibility index (Phi) is 6.46. The minimum atomic E-state index is -0.405. The molecule has 0 aliphatic heterocycles. The SMILES string of the molecule is CCNC(=O)c1ccccc1NC(=O)COc1ccc(Cl)cc1Cl. The molecule has 0 atom stereocenters. The second-order valence-electron chi connectivity index (χ2n) is 4.82. The van der Waals surface area contributed by atoms with Crippen LogP contribution in [-0.4, -0.2) is 25.0 Å². The van der Waals surface area contributed by atoms with E-state index in [9.17, 15) is 9.59 Å². The fraction of sp³-hybridized carbons (Fsp3) is 0.176. The average molecular weight is 367 g/mol. The molecule has 126 valence electrons. The van der Waals surface area contributed by atoms with E-state index < -0.39 is 5.91 Å². The summed E-state index contributed by atoms with van der Waals surface area (Å²) in [6.45, 7) is 2.08. The molecule has 2 N–H and O–H groups in total. The summed E-state index contributed by atoms with van der Waals surface area (Å²) in [5.41, 5.74) is 0.802. The van der Waals surface area contributed by atoms with Crippen LogP contribution in [0.1, 0.15) is 17.3 Å². The van der Waals surface area contributed by atoms with E-state index in [2.05, 4.69) is 10.6 Å². The lowest BCUT2D eigenvalue weighted by Crippen LogP contribution is -2.26. The van der Waals surface area contributed by atoms with Crippen molar-refractivity contribution in [2.45, 2.75) is 6.92 Å². The third kappa shape index (κ3) is 4.88. The van der Waals surface area contributed by atoms with Crippen LogP contribution in [0, 0.1) is 0 Å². The van der Waals surface area contributed by atoms with Crippen molar-refractivity contribution >= 4 is 40.7 Å². The van der Waals surface area contributed by atoms with Gasteiger partial charge in [0.15, 0.2) is 6.61 Å². The Morgan fingerprint density at radius 2 is 1.88 bits per heavy atom. The van der Waals surface area contributed by atoms with Gasteiger partial charge in [-0.25, -0.2) is 0 Å². The third-order valence-corrected chi connectivity index (χ3v) is 3.57. The van der Waals surface area contributed by atoms with E-state index in [1.165, 1.54) is 6.07 Å². The van der Waals surface area contributed by atoms with Gasteiger partial charge >= 0.3 is 0 Å². The van der Waals surface area contributed by atoms with Crippen LogP contribution in [0.15, 0.2) is 42.5 Å². The van der Waals surface area contributed by atoms with Gasteiger partial charge in [-0.15, -0.1) is 0 Å². The Balaban J connectivity index is 2.01. The van der Waals surface area contributed by atoms with Crippen molar-refractivity contribution in [2.75, 3.05) is 18.5 Å². The number of para-hydroxylation sites is 1. The fourth-order valence-corrected chi connectivity index (χ4v) is 2.43. The van der Waals surface area contributed by atoms with Gasteiger partial charge in [-0.1, -0.05) is 35.3 Å². The monoisotopic (exact) mass is 366 g/mol. The van der Waals surface area contributed by atoms with Gasteiger partial charge in [0.05, 0.1) is 16.3 Å². The summed E-state index contributed by atoms with van der Waals surface area (Å²) in [4.78, 5) is 24.0. The molecule has 0 radical (unpaired) electrons. The standard InChI is InChI=1S/C17H16Cl2N2O3/c1-2-20-17(23)12-5-3-4-6-14(12)21-16(22)10-24-15-8-7-11(18)9-13(15)19/h3-9H,2,10H2,1H3,(H,20,23)(H,21,22). The molecular formula is C17H16Cl2N2O3. The molecule has 0 aliphatic carbocycles. The van der Waals surface area contributed by atoms with Gasteiger partial charge in [0.2, 0.25) is 0 Å². The van der Waals surface area contributed by atoms with Gasteiger partial charge < -0.3 is 15.4 Å². The highest BCUT2D eigenvalue weighted by molar-refractivity contribution is 6.35. The van der Waals surface area contributed by atoms with E-state index >= 15 is 0 Å². The first kappa shape index (κ1) is 18.1. The van der Waals surface area contributed by atoms with Gasteiger partial charge in [0.1, 0.15) is 5.75 Å². The van der Waals surface area contributed by atoms with Crippen molar-refractivity contribution in [3.05, 3.63) is 58.1 Å². The lowest BCUT2D eigenvalue weighted by molar-refractivity contribution is -0.118. The van der Waals surface area contributed by atoms with Crippen molar-refractivity contribution in [1.29, 1.82) is 0 Å². The Hall–Kier alpha value is -2.24. The number of carbonyl (C=O) groups excluding carboxylic acids is 2. The molecule has 0 saturated heterocycles. The molecule has 0 heterocycles. The molecule has 2 rings (SSSR count). The van der Waals surface area contributed by atoms with E-state index in [0.29, 0.717) is 33.6 Å². The number of halogens is 2. The van der Waals surface area contributed by atoms with Crippen LogP contribution in [-0.2, 0) is 4.79 Å².